The number of fused-ring (bicyclic) bond motifs is 1. The molecule has 1 atom stereocenters. The Labute approximate surface area is 203 Å². The number of hydrogen-bond acceptors (Lipinski definition) is 3. The maximum atomic E-state index is 8.28. The summed E-state index contributed by atoms with van der Waals surface area (Å²) >= 11 is 0. The van der Waals surface area contributed by atoms with Gasteiger partial charge in [-0.25, -0.2) is 0 Å². The van der Waals surface area contributed by atoms with Crippen molar-refractivity contribution in [3.05, 3.63) is 96.5 Å². The van der Waals surface area contributed by atoms with Gasteiger partial charge < -0.3 is 20.9 Å². The second-order valence-electron chi connectivity index (χ2n) is 8.24. The lowest BCUT2D eigenvalue weighted by Gasteiger charge is -2.28. The van der Waals surface area contributed by atoms with Gasteiger partial charge >= 0.3 is 0 Å². The van der Waals surface area contributed by atoms with Crippen LogP contribution in [0, 0.1) is 5.41 Å². The van der Waals surface area contributed by atoms with E-state index in [1.165, 1.54) is 7.05 Å². The number of para-hydroxylation sites is 1. The monoisotopic (exact) mass is 453 g/mol. The SMILES string of the molecule is C=Cc1c(C(=N)N)c(-c2ccc3c(c2)C(=C)N(c2ccccc2)C=C3)cn1C(C)CCC.CN. The largest absolute Gasteiger partial charge is 0.384 e. The number of anilines is 1. The number of nitrogens with one attached hydrogen (secondary N) is 1. The first-order chi connectivity index (χ1) is 16.5. The Kier molecular flexibility index (Phi) is 7.92. The van der Waals surface area contributed by atoms with Crippen LogP contribution in [0.2, 0.25) is 0 Å². The van der Waals surface area contributed by atoms with Crippen LogP contribution in [-0.2, 0) is 0 Å². The first kappa shape index (κ1) is 24.8. The lowest BCUT2D eigenvalue weighted by molar-refractivity contribution is 0.500. The van der Waals surface area contributed by atoms with Crippen molar-refractivity contribution in [3.8, 4) is 11.1 Å². The van der Waals surface area contributed by atoms with E-state index in [4.69, 9.17) is 11.1 Å². The molecule has 4 rings (SSSR count). The molecule has 5 nitrogen and oxygen atoms in total. The predicted molar refractivity (Wildman–Crippen MR) is 148 cm³/mol. The number of nitrogens with two attached hydrogens (primary N) is 2. The lowest BCUT2D eigenvalue weighted by atomic mass is 9.94. The zero-order valence-electron chi connectivity index (χ0n) is 20.4. The van der Waals surface area contributed by atoms with E-state index in [1.807, 2.05) is 24.3 Å². The van der Waals surface area contributed by atoms with E-state index in [9.17, 15) is 0 Å². The maximum absolute atomic E-state index is 8.28. The highest BCUT2D eigenvalue weighted by atomic mass is 15.1. The van der Waals surface area contributed by atoms with Crippen molar-refractivity contribution in [2.24, 2.45) is 11.5 Å². The fourth-order valence-electron chi connectivity index (χ4n) is 4.50. The van der Waals surface area contributed by atoms with E-state index >= 15 is 0 Å². The number of benzene rings is 2. The van der Waals surface area contributed by atoms with Crippen LogP contribution in [0.5, 0.6) is 0 Å². The highest BCUT2D eigenvalue weighted by Gasteiger charge is 2.22. The van der Waals surface area contributed by atoms with Crippen molar-refractivity contribution in [3.63, 3.8) is 0 Å². The number of nitrogen functional groups attached to an aromatic ring is 1. The summed E-state index contributed by atoms with van der Waals surface area (Å²) in [6.45, 7) is 12.8. The molecular weight excluding hydrogens is 418 g/mol. The quantitative estimate of drug-likeness (QED) is 0.283. The number of amidine groups is 1. The molecule has 1 aromatic heterocycles. The highest BCUT2D eigenvalue weighted by molar-refractivity contribution is 6.05. The fraction of sp³-hybridized carbons (Fsp3) is 0.207. The molecule has 0 bridgehead atoms. The molecule has 0 saturated carbocycles. The third-order valence-electron chi connectivity index (χ3n) is 6.12. The molecule has 0 fully saturated rings. The molecule has 176 valence electrons. The standard InChI is InChI=1S/C28H30N4.CH5N/c1-5-10-19(3)32-18-25(27(28(29)30)26(32)6-2)22-14-13-21-15-16-31(20(4)24(21)17-22)23-11-8-7-9-12-23;1-2/h6-9,11-19H,2,4-5,10H2,1,3H3,(H3,29,30);2H2,1H3. The normalized spacial score (nSPS) is 13.1. The van der Waals surface area contributed by atoms with Crippen LogP contribution in [0.3, 0.4) is 0 Å². The molecule has 0 radical (unpaired) electrons. The summed E-state index contributed by atoms with van der Waals surface area (Å²) in [5.41, 5.74) is 18.3. The van der Waals surface area contributed by atoms with Gasteiger partial charge in [0.15, 0.2) is 0 Å². The zero-order chi connectivity index (χ0) is 24.8. The van der Waals surface area contributed by atoms with Crippen molar-refractivity contribution >= 4 is 29.4 Å². The van der Waals surface area contributed by atoms with Crippen LogP contribution in [0.15, 0.2) is 74.1 Å². The highest BCUT2D eigenvalue weighted by Crippen LogP contribution is 2.37. The minimum atomic E-state index is 0.0553. The fourth-order valence-corrected chi connectivity index (χ4v) is 4.50. The molecule has 3 aromatic rings. The van der Waals surface area contributed by atoms with Crippen molar-refractivity contribution in [2.75, 3.05) is 11.9 Å². The van der Waals surface area contributed by atoms with Gasteiger partial charge in [0.05, 0.1) is 5.69 Å². The van der Waals surface area contributed by atoms with Crippen LogP contribution in [0.25, 0.3) is 29.0 Å². The van der Waals surface area contributed by atoms with E-state index in [0.717, 1.165) is 57.7 Å². The molecule has 1 aliphatic rings. The predicted octanol–water partition coefficient (Wildman–Crippen LogP) is 6.48. The topological polar surface area (TPSA) is 84.1 Å². The average molecular weight is 454 g/mol. The zero-order valence-corrected chi connectivity index (χ0v) is 20.4. The summed E-state index contributed by atoms with van der Waals surface area (Å²) in [5, 5.41) is 8.28. The van der Waals surface area contributed by atoms with E-state index in [2.05, 4.69) is 91.0 Å². The molecule has 5 N–H and O–H groups in total. The van der Waals surface area contributed by atoms with Gasteiger partial charge in [0, 0.05) is 46.5 Å². The third kappa shape index (κ3) is 4.61. The second-order valence-corrected chi connectivity index (χ2v) is 8.24. The van der Waals surface area contributed by atoms with Gasteiger partial charge in [-0.15, -0.1) is 0 Å². The van der Waals surface area contributed by atoms with Gasteiger partial charge in [0.2, 0.25) is 0 Å². The first-order valence-corrected chi connectivity index (χ1v) is 11.6. The molecule has 0 aliphatic carbocycles. The molecule has 2 aromatic carbocycles. The molecular formula is C29H35N5. The van der Waals surface area contributed by atoms with Crippen LogP contribution >= 0.6 is 0 Å². The minimum absolute atomic E-state index is 0.0553. The summed E-state index contributed by atoms with van der Waals surface area (Å²) in [5.74, 6) is 0.0553. The number of hydrogen-bond donors (Lipinski definition) is 3. The van der Waals surface area contributed by atoms with Crippen LogP contribution in [0.1, 0.15) is 55.1 Å². The van der Waals surface area contributed by atoms with Crippen LogP contribution in [0.4, 0.5) is 5.69 Å². The molecule has 0 amide bonds. The van der Waals surface area contributed by atoms with Gasteiger partial charge in [0.25, 0.3) is 0 Å². The van der Waals surface area contributed by atoms with Gasteiger partial charge in [-0.2, -0.15) is 0 Å². The van der Waals surface area contributed by atoms with Crippen molar-refractivity contribution in [1.29, 1.82) is 5.41 Å². The summed E-state index contributed by atoms with van der Waals surface area (Å²) in [6.07, 6.45) is 10.2. The van der Waals surface area contributed by atoms with Gasteiger partial charge in [-0.05, 0) is 61.9 Å². The summed E-state index contributed by atoms with van der Waals surface area (Å²) in [6, 6.07) is 16.9. The molecule has 34 heavy (non-hydrogen) atoms. The Balaban J connectivity index is 0.00000158. The molecule has 2 heterocycles. The van der Waals surface area contributed by atoms with Gasteiger partial charge in [-0.1, -0.05) is 56.8 Å². The molecule has 0 saturated heterocycles. The van der Waals surface area contributed by atoms with Gasteiger partial charge in [0.1, 0.15) is 5.84 Å². The second kappa shape index (κ2) is 10.9. The summed E-state index contributed by atoms with van der Waals surface area (Å²) < 4.78 is 2.20. The maximum Gasteiger partial charge on any atom is 0.125 e. The van der Waals surface area contributed by atoms with E-state index < -0.39 is 0 Å². The number of nitrogens with zero attached hydrogens (tertiary/aromatic N) is 2. The Morgan fingerprint density at radius 2 is 1.82 bits per heavy atom. The van der Waals surface area contributed by atoms with Crippen molar-refractivity contribution < 1.29 is 0 Å². The molecule has 0 spiro atoms. The lowest BCUT2D eigenvalue weighted by Crippen LogP contribution is -2.17. The van der Waals surface area contributed by atoms with E-state index in [0.29, 0.717) is 6.04 Å². The van der Waals surface area contributed by atoms with E-state index in [1.54, 1.807) is 0 Å². The molecule has 1 unspecified atom stereocenters. The van der Waals surface area contributed by atoms with Gasteiger partial charge in [-0.3, -0.25) is 5.41 Å². The first-order valence-electron chi connectivity index (χ1n) is 11.6. The van der Waals surface area contributed by atoms with Crippen molar-refractivity contribution in [1.82, 2.24) is 4.57 Å². The Bertz CT molecular complexity index is 1220. The van der Waals surface area contributed by atoms with Crippen LogP contribution < -0.4 is 16.4 Å². The summed E-state index contributed by atoms with van der Waals surface area (Å²) in [7, 11) is 1.50. The Hall–Kier alpha value is -3.83. The number of rotatable bonds is 7. The Morgan fingerprint density at radius 3 is 2.44 bits per heavy atom. The summed E-state index contributed by atoms with van der Waals surface area (Å²) in [4.78, 5) is 2.10. The molecule has 5 heteroatoms. The van der Waals surface area contributed by atoms with E-state index in [-0.39, 0.29) is 5.84 Å². The number of aromatic nitrogens is 1. The minimum Gasteiger partial charge on any atom is -0.384 e. The smallest absolute Gasteiger partial charge is 0.125 e. The Morgan fingerprint density at radius 1 is 1.12 bits per heavy atom. The third-order valence-corrected chi connectivity index (χ3v) is 6.12. The van der Waals surface area contributed by atoms with Crippen LogP contribution in [-0.4, -0.2) is 17.5 Å². The van der Waals surface area contributed by atoms with Crippen molar-refractivity contribution in [2.45, 2.75) is 32.7 Å². The molecule has 1 aliphatic heterocycles. The average Bonchev–Trinajstić information content (AvgIpc) is 3.26.